The number of hydrogen-bond acceptors (Lipinski definition) is 15. The van der Waals surface area contributed by atoms with Gasteiger partial charge in [-0.15, -0.1) is 0 Å². The van der Waals surface area contributed by atoms with Crippen LogP contribution in [0.15, 0.2) is 0 Å². The average molecular weight is 1520 g/mol. The standard InChI is InChI=1S/C85H166O17P2/c1-6-10-13-16-19-22-24-26-28-29-30-34-37-41-44-49-54-59-64-69-83(88)96-75-81(102-85(90)71-66-61-56-51-46-42-38-35-32-31-33-36-39-43-48-52-57-62-67-78(5)9-4)77-100-104(93,94)98-73-79(86)72-97-103(91,92)99-76-80(74-95-82(87)68-63-58-53-47-21-18-15-12-8-3)101-84(89)70-65-60-55-50-45-40-27-25-23-20-17-14-11-7-2/h78-81,86H,6-77H2,1-5H3,(H,91,92)(H,93,94)/t78?,79-,80+,81+/m0/s1. The number of carbonyl (C=O) groups is 4. The molecule has 104 heavy (non-hydrogen) atoms. The third kappa shape index (κ3) is 76.8. The van der Waals surface area contributed by atoms with Gasteiger partial charge in [0.05, 0.1) is 26.4 Å². The Labute approximate surface area is 638 Å². The van der Waals surface area contributed by atoms with Crippen LogP contribution in [0.2, 0.25) is 0 Å². The van der Waals surface area contributed by atoms with Gasteiger partial charge in [0.1, 0.15) is 19.3 Å². The molecule has 0 saturated carbocycles. The van der Waals surface area contributed by atoms with Crippen molar-refractivity contribution in [2.24, 2.45) is 5.92 Å². The van der Waals surface area contributed by atoms with Gasteiger partial charge in [0.15, 0.2) is 12.2 Å². The fourth-order valence-corrected chi connectivity index (χ4v) is 14.8. The zero-order chi connectivity index (χ0) is 76.2. The summed E-state index contributed by atoms with van der Waals surface area (Å²) in [4.78, 5) is 73.1. The number of ether oxygens (including phenoxy) is 4. The molecule has 17 nitrogen and oxygen atoms in total. The summed E-state index contributed by atoms with van der Waals surface area (Å²) in [6, 6.07) is 0. The number of carbonyl (C=O) groups excluding carboxylic acids is 4. The van der Waals surface area contributed by atoms with Crippen molar-refractivity contribution in [3.8, 4) is 0 Å². The molecule has 3 N–H and O–H groups in total. The van der Waals surface area contributed by atoms with Gasteiger partial charge in [0, 0.05) is 25.7 Å². The molecule has 0 bridgehead atoms. The van der Waals surface area contributed by atoms with Crippen LogP contribution in [0.25, 0.3) is 0 Å². The summed E-state index contributed by atoms with van der Waals surface area (Å²) in [6.07, 6.45) is 70.8. The molecule has 0 spiro atoms. The van der Waals surface area contributed by atoms with Crippen molar-refractivity contribution in [1.82, 2.24) is 0 Å². The van der Waals surface area contributed by atoms with E-state index < -0.39 is 97.5 Å². The Kier molecular flexibility index (Phi) is 76.3. The van der Waals surface area contributed by atoms with Gasteiger partial charge in [-0.25, -0.2) is 9.13 Å². The van der Waals surface area contributed by atoms with Gasteiger partial charge < -0.3 is 33.8 Å². The molecule has 0 heterocycles. The van der Waals surface area contributed by atoms with Gasteiger partial charge in [0.25, 0.3) is 0 Å². The van der Waals surface area contributed by atoms with Crippen LogP contribution in [0.1, 0.15) is 458 Å². The Morgan fingerprint density at radius 2 is 0.462 bits per heavy atom. The fraction of sp³-hybridized carbons (Fsp3) is 0.953. The van der Waals surface area contributed by atoms with Crippen LogP contribution in [0, 0.1) is 5.92 Å². The Morgan fingerprint density at radius 3 is 0.683 bits per heavy atom. The van der Waals surface area contributed by atoms with E-state index in [2.05, 4.69) is 34.6 Å². The molecule has 19 heteroatoms. The molecule has 618 valence electrons. The van der Waals surface area contributed by atoms with E-state index in [1.165, 1.54) is 283 Å². The molecule has 0 amide bonds. The van der Waals surface area contributed by atoms with Crippen LogP contribution < -0.4 is 0 Å². The van der Waals surface area contributed by atoms with Crippen molar-refractivity contribution in [3.05, 3.63) is 0 Å². The lowest BCUT2D eigenvalue weighted by Crippen LogP contribution is -2.30. The van der Waals surface area contributed by atoms with Crippen molar-refractivity contribution in [2.45, 2.75) is 477 Å². The second-order valence-electron chi connectivity index (χ2n) is 30.8. The van der Waals surface area contributed by atoms with Crippen LogP contribution >= 0.6 is 15.6 Å². The zero-order valence-corrected chi connectivity index (χ0v) is 70.0. The summed E-state index contributed by atoms with van der Waals surface area (Å²) in [6.45, 7) is 7.41. The second kappa shape index (κ2) is 77.8. The molecular weight excluding hydrogens is 1350 g/mol. The third-order valence-electron chi connectivity index (χ3n) is 20.4. The highest BCUT2D eigenvalue weighted by molar-refractivity contribution is 7.47. The topological polar surface area (TPSA) is 237 Å². The van der Waals surface area contributed by atoms with Gasteiger partial charge >= 0.3 is 39.5 Å². The summed E-state index contributed by atoms with van der Waals surface area (Å²) in [7, 11) is -9.92. The van der Waals surface area contributed by atoms with Gasteiger partial charge in [-0.2, -0.15) is 0 Å². The number of aliphatic hydroxyl groups excluding tert-OH is 1. The lowest BCUT2D eigenvalue weighted by molar-refractivity contribution is -0.161. The van der Waals surface area contributed by atoms with Crippen molar-refractivity contribution < 1.29 is 80.2 Å². The van der Waals surface area contributed by atoms with Crippen LogP contribution in [-0.4, -0.2) is 96.7 Å². The predicted molar refractivity (Wildman–Crippen MR) is 428 cm³/mol. The maximum atomic E-state index is 13.1. The molecule has 3 unspecified atom stereocenters. The highest BCUT2D eigenvalue weighted by atomic mass is 31.2. The van der Waals surface area contributed by atoms with E-state index in [0.29, 0.717) is 25.7 Å². The first-order valence-electron chi connectivity index (χ1n) is 44.2. The Hall–Kier alpha value is -1.94. The highest BCUT2D eigenvalue weighted by Crippen LogP contribution is 2.45. The van der Waals surface area contributed by atoms with Crippen molar-refractivity contribution in [1.29, 1.82) is 0 Å². The molecule has 0 aromatic rings. The van der Waals surface area contributed by atoms with Gasteiger partial charge in [-0.3, -0.25) is 37.3 Å². The smallest absolute Gasteiger partial charge is 0.462 e. The van der Waals surface area contributed by atoms with Crippen molar-refractivity contribution in [3.63, 3.8) is 0 Å². The van der Waals surface area contributed by atoms with Crippen LogP contribution in [0.5, 0.6) is 0 Å². The largest absolute Gasteiger partial charge is 0.472 e. The number of phosphoric ester groups is 2. The third-order valence-corrected chi connectivity index (χ3v) is 22.3. The maximum absolute atomic E-state index is 13.1. The lowest BCUT2D eigenvalue weighted by Gasteiger charge is -2.21. The Balaban J connectivity index is 5.20. The van der Waals surface area contributed by atoms with Crippen LogP contribution in [0.3, 0.4) is 0 Å². The van der Waals surface area contributed by atoms with E-state index in [4.69, 9.17) is 37.0 Å². The summed E-state index contributed by atoms with van der Waals surface area (Å²) < 4.78 is 68.8. The highest BCUT2D eigenvalue weighted by Gasteiger charge is 2.30. The fourth-order valence-electron chi connectivity index (χ4n) is 13.3. The van der Waals surface area contributed by atoms with E-state index in [-0.39, 0.29) is 25.7 Å². The van der Waals surface area contributed by atoms with E-state index in [9.17, 15) is 43.2 Å². The molecule has 0 saturated heterocycles. The Morgan fingerprint density at radius 1 is 0.269 bits per heavy atom. The minimum absolute atomic E-state index is 0.108. The molecule has 6 atom stereocenters. The van der Waals surface area contributed by atoms with Gasteiger partial charge in [-0.1, -0.05) is 407 Å². The van der Waals surface area contributed by atoms with Crippen LogP contribution in [0.4, 0.5) is 0 Å². The minimum atomic E-state index is -4.96. The summed E-state index contributed by atoms with van der Waals surface area (Å²) in [5, 5.41) is 10.7. The first-order valence-corrected chi connectivity index (χ1v) is 47.2. The molecule has 0 rings (SSSR count). The summed E-state index contributed by atoms with van der Waals surface area (Å²) >= 11 is 0. The van der Waals surface area contributed by atoms with Crippen molar-refractivity contribution in [2.75, 3.05) is 39.6 Å². The van der Waals surface area contributed by atoms with Gasteiger partial charge in [0.2, 0.25) is 0 Å². The SMILES string of the molecule is CCCCCCCCCCCCCCCCCCCCCC(=O)OC[C@H](COP(=O)(O)OC[C@@H](O)COP(=O)(O)OC[C@@H](COC(=O)CCCCCCCCCCC)OC(=O)CCCCCCCCCCCCCCCC)OC(=O)CCCCCCCCCCCCCCCCCCCCC(C)CC. The minimum Gasteiger partial charge on any atom is -0.462 e. The number of hydrogen-bond donors (Lipinski definition) is 3. The molecule has 0 aromatic carbocycles. The molecule has 0 fully saturated rings. The predicted octanol–water partition coefficient (Wildman–Crippen LogP) is 26.0. The number of rotatable bonds is 85. The molecule has 0 aliphatic carbocycles. The number of esters is 4. The number of unbranched alkanes of at least 4 members (excludes halogenated alkanes) is 56. The van der Waals surface area contributed by atoms with Gasteiger partial charge in [-0.05, 0) is 31.6 Å². The normalized spacial score (nSPS) is 14.0. The average Bonchev–Trinajstić information content (AvgIpc) is 0.919. The second-order valence-corrected chi connectivity index (χ2v) is 33.7. The summed E-state index contributed by atoms with van der Waals surface area (Å²) in [5.74, 6) is -1.23. The zero-order valence-electron chi connectivity index (χ0n) is 68.2. The van der Waals surface area contributed by atoms with Crippen molar-refractivity contribution >= 4 is 39.5 Å². The monoisotopic (exact) mass is 1520 g/mol. The molecule has 0 aromatic heterocycles. The molecule has 0 radical (unpaired) electrons. The lowest BCUT2D eigenvalue weighted by atomic mass is 9.99. The maximum Gasteiger partial charge on any atom is 0.472 e. The van der Waals surface area contributed by atoms with E-state index in [0.717, 1.165) is 95.8 Å². The Bertz CT molecular complexity index is 1980. The first-order chi connectivity index (χ1) is 50.6. The molecule has 0 aliphatic rings. The molecular formula is C85H166O17P2. The number of aliphatic hydroxyl groups is 1. The number of phosphoric acid groups is 2. The van der Waals surface area contributed by atoms with E-state index >= 15 is 0 Å². The quantitative estimate of drug-likeness (QED) is 0.0222. The van der Waals surface area contributed by atoms with E-state index in [1.54, 1.807) is 0 Å². The van der Waals surface area contributed by atoms with E-state index in [1.807, 2.05) is 0 Å². The first kappa shape index (κ1) is 102. The summed E-state index contributed by atoms with van der Waals surface area (Å²) in [5.41, 5.74) is 0. The molecule has 0 aliphatic heterocycles. The van der Waals surface area contributed by atoms with Crippen LogP contribution in [-0.2, 0) is 65.4 Å².